The second kappa shape index (κ2) is 8.77. The van der Waals surface area contributed by atoms with Crippen molar-refractivity contribution in [2.75, 3.05) is 18.1 Å². The quantitative estimate of drug-likeness (QED) is 0.418. The van der Waals surface area contributed by atoms with Gasteiger partial charge in [0.05, 0.1) is 16.8 Å². The molecular weight excluding hydrogens is 360 g/mol. The Morgan fingerprint density at radius 2 is 1.85 bits per heavy atom. The van der Waals surface area contributed by atoms with Crippen LogP contribution in [0.5, 0.6) is 5.75 Å². The van der Waals surface area contributed by atoms with Crippen molar-refractivity contribution in [3.8, 4) is 5.75 Å². The van der Waals surface area contributed by atoms with Gasteiger partial charge < -0.3 is 4.74 Å². The third-order valence-corrected chi connectivity index (χ3v) is 5.25. The Bertz CT molecular complexity index is 901. The molecule has 140 valence electrons. The molecule has 3 aromatic rings. The summed E-state index contributed by atoms with van der Waals surface area (Å²) in [4.78, 5) is 30.1. The van der Waals surface area contributed by atoms with Gasteiger partial charge in [-0.3, -0.25) is 14.5 Å². The average molecular weight is 382 g/mol. The van der Waals surface area contributed by atoms with Gasteiger partial charge in [-0.25, -0.2) is 4.98 Å². The van der Waals surface area contributed by atoms with E-state index in [1.54, 1.807) is 29.2 Å². The van der Waals surface area contributed by atoms with Gasteiger partial charge in [0, 0.05) is 18.5 Å². The Morgan fingerprint density at radius 1 is 1.11 bits per heavy atom. The molecule has 0 radical (unpaired) electrons. The standard InChI is InChI=1S/C21H22N2O3S/c1-3-23(21-22-18-7-4-5-8-19(18)27-21)20(25)9-6-14-26-17-12-10-16(11-13-17)15(2)24/h4-5,7-8,10-13H,3,6,9,14H2,1-2H3. The van der Waals surface area contributed by atoms with E-state index >= 15 is 0 Å². The molecule has 0 aliphatic carbocycles. The second-order valence-corrected chi connectivity index (χ2v) is 7.14. The fourth-order valence-electron chi connectivity index (χ4n) is 2.73. The smallest absolute Gasteiger partial charge is 0.228 e. The van der Waals surface area contributed by atoms with E-state index in [1.165, 1.54) is 18.3 Å². The number of anilines is 1. The van der Waals surface area contributed by atoms with Crippen molar-refractivity contribution < 1.29 is 14.3 Å². The Hall–Kier alpha value is -2.73. The maximum atomic E-state index is 12.6. The number of carbonyl (C=O) groups is 2. The first kappa shape index (κ1) is 19.0. The summed E-state index contributed by atoms with van der Waals surface area (Å²) in [5.41, 5.74) is 1.58. The van der Waals surface area contributed by atoms with Gasteiger partial charge in [-0.1, -0.05) is 23.5 Å². The lowest BCUT2D eigenvalue weighted by molar-refractivity contribution is -0.118. The number of carbonyl (C=O) groups excluding carboxylic acids is 2. The van der Waals surface area contributed by atoms with Gasteiger partial charge in [0.2, 0.25) is 5.91 Å². The summed E-state index contributed by atoms with van der Waals surface area (Å²) >= 11 is 1.53. The van der Waals surface area contributed by atoms with E-state index in [9.17, 15) is 9.59 Å². The predicted octanol–water partition coefficient (Wildman–Crippen LogP) is 4.71. The molecule has 0 fully saturated rings. The van der Waals surface area contributed by atoms with Crippen molar-refractivity contribution in [1.29, 1.82) is 0 Å². The normalized spacial score (nSPS) is 10.7. The third-order valence-electron chi connectivity index (χ3n) is 4.20. The minimum atomic E-state index is 0.0293. The Morgan fingerprint density at radius 3 is 2.52 bits per heavy atom. The average Bonchev–Trinajstić information content (AvgIpc) is 3.10. The number of aromatic nitrogens is 1. The number of hydrogen-bond acceptors (Lipinski definition) is 5. The van der Waals surface area contributed by atoms with Crippen LogP contribution < -0.4 is 9.64 Å². The number of amides is 1. The van der Waals surface area contributed by atoms with Crippen LogP contribution in [0.1, 0.15) is 37.0 Å². The number of rotatable bonds is 8. The van der Waals surface area contributed by atoms with Crippen LogP contribution in [0.2, 0.25) is 0 Å². The highest BCUT2D eigenvalue weighted by atomic mass is 32.1. The van der Waals surface area contributed by atoms with Gasteiger partial charge in [-0.05, 0) is 56.7 Å². The Labute approximate surface area is 162 Å². The van der Waals surface area contributed by atoms with Gasteiger partial charge in [0.1, 0.15) is 5.75 Å². The number of nitrogens with zero attached hydrogens (tertiary/aromatic N) is 2. The maximum Gasteiger partial charge on any atom is 0.228 e. The van der Waals surface area contributed by atoms with E-state index in [2.05, 4.69) is 4.98 Å². The first-order valence-corrected chi connectivity index (χ1v) is 9.80. The van der Waals surface area contributed by atoms with Crippen LogP contribution >= 0.6 is 11.3 Å². The van der Waals surface area contributed by atoms with Crippen LogP contribution in [-0.4, -0.2) is 29.8 Å². The van der Waals surface area contributed by atoms with E-state index in [4.69, 9.17) is 4.74 Å². The van der Waals surface area contributed by atoms with Crippen LogP contribution in [0.25, 0.3) is 10.2 Å². The molecule has 0 unspecified atom stereocenters. The summed E-state index contributed by atoms with van der Waals surface area (Å²) in [6, 6.07) is 14.9. The number of thiazole rings is 1. The fourth-order valence-corrected chi connectivity index (χ4v) is 3.77. The Kier molecular flexibility index (Phi) is 6.19. The van der Waals surface area contributed by atoms with Crippen LogP contribution in [0.15, 0.2) is 48.5 Å². The lowest BCUT2D eigenvalue weighted by Gasteiger charge is -2.17. The first-order chi connectivity index (χ1) is 13.1. The highest BCUT2D eigenvalue weighted by molar-refractivity contribution is 7.22. The van der Waals surface area contributed by atoms with Crippen molar-refractivity contribution in [3.63, 3.8) is 0 Å². The topological polar surface area (TPSA) is 59.5 Å². The van der Waals surface area contributed by atoms with Crippen LogP contribution in [-0.2, 0) is 4.79 Å². The van der Waals surface area contributed by atoms with Gasteiger partial charge in [-0.2, -0.15) is 0 Å². The minimum absolute atomic E-state index is 0.0293. The zero-order chi connectivity index (χ0) is 19.2. The molecule has 0 spiro atoms. The molecule has 0 atom stereocenters. The van der Waals surface area contributed by atoms with E-state index in [1.807, 2.05) is 31.2 Å². The number of ketones is 1. The molecule has 6 heteroatoms. The summed E-state index contributed by atoms with van der Waals surface area (Å²) in [7, 11) is 0. The molecule has 0 saturated heterocycles. The molecule has 0 aliphatic rings. The van der Waals surface area contributed by atoms with Gasteiger partial charge in [-0.15, -0.1) is 0 Å². The highest BCUT2D eigenvalue weighted by Gasteiger charge is 2.17. The summed E-state index contributed by atoms with van der Waals surface area (Å²) < 4.78 is 6.74. The van der Waals surface area contributed by atoms with E-state index in [0.717, 1.165) is 15.3 Å². The van der Waals surface area contributed by atoms with Crippen molar-refractivity contribution in [1.82, 2.24) is 4.98 Å². The summed E-state index contributed by atoms with van der Waals surface area (Å²) in [5, 5.41) is 0.740. The molecular formula is C21H22N2O3S. The predicted molar refractivity (Wildman–Crippen MR) is 109 cm³/mol. The largest absolute Gasteiger partial charge is 0.494 e. The molecule has 3 rings (SSSR count). The van der Waals surface area contributed by atoms with E-state index < -0.39 is 0 Å². The van der Waals surface area contributed by atoms with E-state index in [-0.39, 0.29) is 11.7 Å². The Balaban J connectivity index is 1.52. The molecule has 1 amide bonds. The molecule has 5 nitrogen and oxygen atoms in total. The van der Waals surface area contributed by atoms with Gasteiger partial charge in [0.15, 0.2) is 10.9 Å². The molecule has 2 aromatic carbocycles. The summed E-state index contributed by atoms with van der Waals surface area (Å²) in [5.74, 6) is 0.778. The van der Waals surface area contributed by atoms with Crippen molar-refractivity contribution in [2.24, 2.45) is 0 Å². The van der Waals surface area contributed by atoms with Crippen molar-refractivity contribution in [2.45, 2.75) is 26.7 Å². The molecule has 1 aromatic heterocycles. The van der Waals surface area contributed by atoms with Gasteiger partial charge >= 0.3 is 0 Å². The molecule has 27 heavy (non-hydrogen) atoms. The zero-order valence-corrected chi connectivity index (χ0v) is 16.3. The van der Waals surface area contributed by atoms with Crippen molar-refractivity contribution >= 4 is 38.4 Å². The van der Waals surface area contributed by atoms with Gasteiger partial charge in [0.25, 0.3) is 0 Å². The minimum Gasteiger partial charge on any atom is -0.494 e. The van der Waals surface area contributed by atoms with Crippen LogP contribution in [0.4, 0.5) is 5.13 Å². The summed E-state index contributed by atoms with van der Waals surface area (Å²) in [6.07, 6.45) is 1.02. The summed E-state index contributed by atoms with van der Waals surface area (Å²) in [6.45, 7) is 4.53. The second-order valence-electron chi connectivity index (χ2n) is 6.13. The number of fused-ring (bicyclic) bond motifs is 1. The van der Waals surface area contributed by atoms with Crippen LogP contribution in [0, 0.1) is 0 Å². The van der Waals surface area contributed by atoms with Crippen molar-refractivity contribution in [3.05, 3.63) is 54.1 Å². The molecule has 0 aliphatic heterocycles. The third kappa shape index (κ3) is 4.71. The zero-order valence-electron chi connectivity index (χ0n) is 15.5. The molecule has 0 bridgehead atoms. The monoisotopic (exact) mass is 382 g/mol. The lowest BCUT2D eigenvalue weighted by Crippen LogP contribution is -2.30. The maximum absolute atomic E-state index is 12.6. The molecule has 0 N–H and O–H groups in total. The number of hydrogen-bond donors (Lipinski definition) is 0. The lowest BCUT2D eigenvalue weighted by atomic mass is 10.1. The fraction of sp³-hybridized carbons (Fsp3) is 0.286. The highest BCUT2D eigenvalue weighted by Crippen LogP contribution is 2.29. The molecule has 0 saturated carbocycles. The number of Topliss-reactive ketones (excluding diaryl/α,β-unsaturated/α-hetero) is 1. The number of para-hydroxylation sites is 1. The number of ether oxygens (including phenoxy) is 1. The number of benzene rings is 2. The van der Waals surface area contributed by atoms with E-state index in [0.29, 0.717) is 37.3 Å². The SMILES string of the molecule is CCN(C(=O)CCCOc1ccc(C(C)=O)cc1)c1nc2ccccc2s1. The molecule has 1 heterocycles. The first-order valence-electron chi connectivity index (χ1n) is 8.98. The van der Waals surface area contributed by atoms with Crippen LogP contribution in [0.3, 0.4) is 0 Å².